The number of benzene rings is 1. The minimum atomic E-state index is -0.883. The number of carbonyl (C=O) groups excluding carboxylic acids is 1. The number of hydrogen-bond acceptors (Lipinski definition) is 4. The van der Waals surface area contributed by atoms with E-state index in [4.69, 9.17) is 16.7 Å². The van der Waals surface area contributed by atoms with Crippen LogP contribution in [0.2, 0.25) is 5.02 Å². The lowest BCUT2D eigenvalue weighted by atomic mass is 10.1. The number of anilines is 1. The predicted octanol–water partition coefficient (Wildman–Crippen LogP) is 0.807. The van der Waals surface area contributed by atoms with Crippen LogP contribution in [-0.2, 0) is 0 Å². The summed E-state index contributed by atoms with van der Waals surface area (Å²) in [6.07, 6.45) is -0.883. The van der Waals surface area contributed by atoms with Crippen molar-refractivity contribution < 1.29 is 15.0 Å². The summed E-state index contributed by atoms with van der Waals surface area (Å²) in [4.78, 5) is 13.4. The molecule has 0 radical (unpaired) electrons. The molecule has 0 aromatic heterocycles. The van der Waals surface area contributed by atoms with Crippen molar-refractivity contribution in [3.05, 3.63) is 28.8 Å². The number of nitrogens with zero attached hydrogens (tertiary/aromatic N) is 1. The van der Waals surface area contributed by atoms with Crippen molar-refractivity contribution in [3.8, 4) is 0 Å². The van der Waals surface area contributed by atoms with Gasteiger partial charge in [-0.2, -0.15) is 0 Å². The Morgan fingerprint density at radius 2 is 2.17 bits per heavy atom. The first kappa shape index (κ1) is 14.8. The number of aliphatic hydroxyl groups is 2. The number of aliphatic hydroxyl groups excluding tert-OH is 2. The molecule has 1 atom stereocenters. The highest BCUT2D eigenvalue weighted by molar-refractivity contribution is 6.31. The van der Waals surface area contributed by atoms with Gasteiger partial charge in [0.2, 0.25) is 0 Å². The second kappa shape index (κ2) is 6.58. The molecule has 0 aliphatic rings. The van der Waals surface area contributed by atoms with Gasteiger partial charge in [0.15, 0.2) is 0 Å². The van der Waals surface area contributed by atoms with Crippen LogP contribution in [0.4, 0.5) is 5.69 Å². The second-order valence-corrected chi connectivity index (χ2v) is 4.54. The van der Waals surface area contributed by atoms with Crippen LogP contribution >= 0.6 is 11.6 Å². The van der Waals surface area contributed by atoms with E-state index in [9.17, 15) is 9.90 Å². The summed E-state index contributed by atoms with van der Waals surface area (Å²) in [5.74, 6) is -0.160. The summed E-state index contributed by atoms with van der Waals surface area (Å²) in [6.45, 7) is -0.199. The molecule has 1 aromatic carbocycles. The van der Waals surface area contributed by atoms with Crippen LogP contribution in [0.3, 0.4) is 0 Å². The van der Waals surface area contributed by atoms with Crippen LogP contribution in [0.15, 0.2) is 18.2 Å². The Labute approximate surface area is 111 Å². The molecule has 0 aliphatic carbocycles. The van der Waals surface area contributed by atoms with Gasteiger partial charge in [-0.1, -0.05) is 11.6 Å². The Morgan fingerprint density at radius 3 is 2.72 bits per heavy atom. The molecule has 0 fully saturated rings. The molecule has 1 aromatic rings. The third-order valence-electron chi connectivity index (χ3n) is 2.36. The SMILES string of the molecule is CN(C)C(=O)c1ccc(Cl)cc1NCC(O)CO. The molecule has 0 saturated carbocycles. The molecule has 18 heavy (non-hydrogen) atoms. The Hall–Kier alpha value is -1.30. The van der Waals surface area contributed by atoms with Gasteiger partial charge < -0.3 is 20.4 Å². The fourth-order valence-electron chi connectivity index (χ4n) is 1.38. The lowest BCUT2D eigenvalue weighted by Gasteiger charge is -2.17. The van der Waals surface area contributed by atoms with E-state index < -0.39 is 6.10 Å². The largest absolute Gasteiger partial charge is 0.394 e. The normalized spacial score (nSPS) is 12.1. The van der Waals surface area contributed by atoms with E-state index in [1.165, 1.54) is 4.90 Å². The predicted molar refractivity (Wildman–Crippen MR) is 71.1 cm³/mol. The number of amides is 1. The first-order valence-corrected chi connectivity index (χ1v) is 5.87. The molecule has 0 spiro atoms. The maximum Gasteiger partial charge on any atom is 0.255 e. The molecular formula is C12H17ClN2O3. The van der Waals surface area contributed by atoms with Crippen molar-refractivity contribution in [2.24, 2.45) is 0 Å². The number of carbonyl (C=O) groups is 1. The van der Waals surface area contributed by atoms with Gasteiger partial charge in [0.1, 0.15) is 0 Å². The van der Waals surface area contributed by atoms with E-state index in [0.717, 1.165) is 0 Å². The van der Waals surface area contributed by atoms with Crippen molar-refractivity contribution in [1.82, 2.24) is 4.90 Å². The molecule has 100 valence electrons. The average molecular weight is 273 g/mol. The van der Waals surface area contributed by atoms with Crippen molar-refractivity contribution in [1.29, 1.82) is 0 Å². The summed E-state index contributed by atoms with van der Waals surface area (Å²) in [6, 6.07) is 4.87. The molecule has 0 heterocycles. The van der Waals surface area contributed by atoms with Crippen LogP contribution in [0.25, 0.3) is 0 Å². The third kappa shape index (κ3) is 3.87. The Kier molecular flexibility index (Phi) is 5.40. The number of nitrogens with one attached hydrogen (secondary N) is 1. The topological polar surface area (TPSA) is 72.8 Å². The summed E-state index contributed by atoms with van der Waals surface area (Å²) in [5.41, 5.74) is 1.00. The molecule has 1 rings (SSSR count). The highest BCUT2D eigenvalue weighted by Gasteiger charge is 2.14. The zero-order valence-corrected chi connectivity index (χ0v) is 11.1. The van der Waals surface area contributed by atoms with Crippen LogP contribution in [0, 0.1) is 0 Å². The van der Waals surface area contributed by atoms with E-state index in [2.05, 4.69) is 5.32 Å². The fraction of sp³-hybridized carbons (Fsp3) is 0.417. The summed E-state index contributed by atoms with van der Waals surface area (Å²) in [7, 11) is 3.31. The van der Waals surface area contributed by atoms with Crippen molar-refractivity contribution in [3.63, 3.8) is 0 Å². The summed E-state index contributed by atoms with van der Waals surface area (Å²) < 4.78 is 0. The second-order valence-electron chi connectivity index (χ2n) is 4.11. The number of hydrogen-bond donors (Lipinski definition) is 3. The molecular weight excluding hydrogens is 256 g/mol. The molecule has 0 bridgehead atoms. The first-order valence-electron chi connectivity index (χ1n) is 5.49. The summed E-state index contributed by atoms with van der Waals surface area (Å²) >= 11 is 5.87. The third-order valence-corrected chi connectivity index (χ3v) is 2.59. The first-order chi connectivity index (χ1) is 8.45. The van der Waals surface area contributed by atoms with E-state index in [-0.39, 0.29) is 19.1 Å². The van der Waals surface area contributed by atoms with Crippen LogP contribution in [0.1, 0.15) is 10.4 Å². The van der Waals surface area contributed by atoms with E-state index in [1.807, 2.05) is 0 Å². The van der Waals surface area contributed by atoms with Gasteiger partial charge in [0.25, 0.3) is 5.91 Å². The van der Waals surface area contributed by atoms with Crippen LogP contribution < -0.4 is 5.32 Å². The highest BCUT2D eigenvalue weighted by atomic mass is 35.5. The molecule has 3 N–H and O–H groups in total. The monoisotopic (exact) mass is 272 g/mol. The minimum Gasteiger partial charge on any atom is -0.394 e. The Morgan fingerprint density at radius 1 is 1.50 bits per heavy atom. The van der Waals surface area contributed by atoms with E-state index in [1.54, 1.807) is 32.3 Å². The smallest absolute Gasteiger partial charge is 0.255 e. The lowest BCUT2D eigenvalue weighted by molar-refractivity contribution is 0.0828. The van der Waals surface area contributed by atoms with E-state index >= 15 is 0 Å². The lowest BCUT2D eigenvalue weighted by Crippen LogP contribution is -2.26. The average Bonchev–Trinajstić information content (AvgIpc) is 2.35. The van der Waals surface area contributed by atoms with Gasteiger partial charge >= 0.3 is 0 Å². The zero-order chi connectivity index (χ0) is 13.7. The molecule has 5 nitrogen and oxygen atoms in total. The summed E-state index contributed by atoms with van der Waals surface area (Å²) in [5, 5.41) is 21.4. The molecule has 1 amide bonds. The fourth-order valence-corrected chi connectivity index (χ4v) is 1.55. The molecule has 0 saturated heterocycles. The van der Waals surface area contributed by atoms with Crippen LogP contribution in [0.5, 0.6) is 0 Å². The van der Waals surface area contributed by atoms with Gasteiger partial charge in [-0.05, 0) is 18.2 Å². The number of rotatable bonds is 5. The maximum absolute atomic E-state index is 11.9. The van der Waals surface area contributed by atoms with Crippen molar-refractivity contribution in [2.75, 3.05) is 32.6 Å². The Bertz CT molecular complexity index is 424. The van der Waals surface area contributed by atoms with Gasteiger partial charge in [-0.25, -0.2) is 0 Å². The van der Waals surface area contributed by atoms with Crippen LogP contribution in [-0.4, -0.2) is 54.4 Å². The Balaban J connectivity index is 2.93. The van der Waals surface area contributed by atoms with Gasteiger partial charge in [0, 0.05) is 31.4 Å². The molecule has 1 unspecified atom stereocenters. The van der Waals surface area contributed by atoms with E-state index in [0.29, 0.717) is 16.3 Å². The quantitative estimate of drug-likeness (QED) is 0.742. The van der Waals surface area contributed by atoms with Crippen molar-refractivity contribution in [2.45, 2.75) is 6.10 Å². The molecule has 0 aliphatic heterocycles. The molecule has 6 heteroatoms. The maximum atomic E-state index is 11.9. The highest BCUT2D eigenvalue weighted by Crippen LogP contribution is 2.22. The van der Waals surface area contributed by atoms with Gasteiger partial charge in [-0.3, -0.25) is 4.79 Å². The van der Waals surface area contributed by atoms with Gasteiger partial charge in [-0.15, -0.1) is 0 Å². The minimum absolute atomic E-state index is 0.143. The van der Waals surface area contributed by atoms with Crippen molar-refractivity contribution >= 4 is 23.2 Å². The zero-order valence-electron chi connectivity index (χ0n) is 10.4. The number of halogens is 1. The standard InChI is InChI=1S/C12H17ClN2O3/c1-15(2)12(18)10-4-3-8(13)5-11(10)14-6-9(17)7-16/h3-5,9,14,16-17H,6-7H2,1-2H3. The van der Waals surface area contributed by atoms with Gasteiger partial charge in [0.05, 0.1) is 18.3 Å².